The van der Waals surface area contributed by atoms with E-state index in [1.165, 1.54) is 16.7 Å². The molecule has 1 atom stereocenters. The normalized spacial score (nSPS) is 12.2. The summed E-state index contributed by atoms with van der Waals surface area (Å²) in [4.78, 5) is 0. The Kier molecular flexibility index (Phi) is 4.00. The van der Waals surface area contributed by atoms with E-state index in [1.807, 2.05) is 14.1 Å². The lowest BCUT2D eigenvalue weighted by molar-refractivity contribution is 0.692. The summed E-state index contributed by atoms with van der Waals surface area (Å²) in [6.45, 7) is 2.11. The number of benzene rings is 2. The molecule has 2 aromatic rings. The highest BCUT2D eigenvalue weighted by atomic mass is 14.9. The largest absolute Gasteiger partial charge is 0.388 e. The average molecular weight is 240 g/mol. The van der Waals surface area contributed by atoms with Gasteiger partial charge in [0.05, 0.1) is 6.04 Å². The minimum atomic E-state index is 0.247. The maximum Gasteiger partial charge on any atom is 0.0574 e. The van der Waals surface area contributed by atoms with Crippen LogP contribution in [0.1, 0.15) is 22.7 Å². The Labute approximate surface area is 109 Å². The fraction of sp³-hybridized carbons (Fsp3) is 0.250. The summed E-state index contributed by atoms with van der Waals surface area (Å²) in [6, 6.07) is 17.5. The molecule has 0 aromatic heterocycles. The van der Waals surface area contributed by atoms with E-state index in [0.717, 1.165) is 5.69 Å². The Morgan fingerprint density at radius 3 is 1.72 bits per heavy atom. The molecule has 0 spiro atoms. The lowest BCUT2D eigenvalue weighted by atomic mass is 9.98. The Morgan fingerprint density at radius 1 is 0.778 bits per heavy atom. The molecule has 2 rings (SSSR count). The van der Waals surface area contributed by atoms with Gasteiger partial charge in [0.15, 0.2) is 0 Å². The van der Waals surface area contributed by atoms with Gasteiger partial charge in [-0.15, -0.1) is 0 Å². The maximum absolute atomic E-state index is 3.37. The van der Waals surface area contributed by atoms with Crippen LogP contribution in [0, 0.1) is 6.92 Å². The lowest BCUT2D eigenvalue weighted by Gasteiger charge is -2.18. The first-order valence-electron chi connectivity index (χ1n) is 6.26. The summed E-state index contributed by atoms with van der Waals surface area (Å²) >= 11 is 0. The van der Waals surface area contributed by atoms with Crippen LogP contribution < -0.4 is 10.6 Å². The number of nitrogens with one attached hydrogen (secondary N) is 2. The second-order valence-electron chi connectivity index (χ2n) is 4.50. The first kappa shape index (κ1) is 12.7. The Hall–Kier alpha value is -1.80. The summed E-state index contributed by atoms with van der Waals surface area (Å²) in [5, 5.41) is 6.51. The molecule has 0 heterocycles. The minimum Gasteiger partial charge on any atom is -0.388 e. The van der Waals surface area contributed by atoms with Crippen LogP contribution >= 0.6 is 0 Å². The van der Waals surface area contributed by atoms with Crippen LogP contribution in [0.4, 0.5) is 5.69 Å². The number of hydrogen-bond donors (Lipinski definition) is 2. The molecule has 18 heavy (non-hydrogen) atoms. The molecule has 2 aromatic carbocycles. The highest BCUT2D eigenvalue weighted by molar-refractivity contribution is 5.46. The average Bonchev–Trinajstić information content (AvgIpc) is 2.42. The van der Waals surface area contributed by atoms with Crippen molar-refractivity contribution in [3.8, 4) is 0 Å². The predicted octanol–water partition coefficient (Wildman–Crippen LogP) is 3.35. The van der Waals surface area contributed by atoms with Crippen LogP contribution in [0.2, 0.25) is 0 Å². The van der Waals surface area contributed by atoms with Crippen molar-refractivity contribution in [2.45, 2.75) is 13.0 Å². The summed E-state index contributed by atoms with van der Waals surface area (Å²) in [5.74, 6) is 0. The molecular formula is C16H20N2. The zero-order chi connectivity index (χ0) is 13.0. The van der Waals surface area contributed by atoms with E-state index in [4.69, 9.17) is 0 Å². The van der Waals surface area contributed by atoms with Crippen molar-refractivity contribution in [2.24, 2.45) is 0 Å². The molecule has 0 radical (unpaired) electrons. The Bertz CT molecular complexity index is 486. The third-order valence-electron chi connectivity index (χ3n) is 3.23. The molecule has 2 heteroatoms. The van der Waals surface area contributed by atoms with E-state index >= 15 is 0 Å². The maximum atomic E-state index is 3.37. The van der Waals surface area contributed by atoms with Gasteiger partial charge in [-0.1, -0.05) is 42.0 Å². The van der Waals surface area contributed by atoms with E-state index < -0.39 is 0 Å². The van der Waals surface area contributed by atoms with Crippen LogP contribution in [0.3, 0.4) is 0 Å². The van der Waals surface area contributed by atoms with Crippen LogP contribution in [-0.4, -0.2) is 14.1 Å². The molecule has 0 saturated heterocycles. The van der Waals surface area contributed by atoms with Gasteiger partial charge in [0.2, 0.25) is 0 Å². The molecule has 0 saturated carbocycles. The van der Waals surface area contributed by atoms with E-state index in [-0.39, 0.29) is 6.04 Å². The van der Waals surface area contributed by atoms with Gasteiger partial charge in [0, 0.05) is 12.7 Å². The van der Waals surface area contributed by atoms with Crippen LogP contribution in [0.25, 0.3) is 0 Å². The van der Waals surface area contributed by atoms with Crippen molar-refractivity contribution in [3.63, 3.8) is 0 Å². The van der Waals surface area contributed by atoms with Gasteiger partial charge in [-0.2, -0.15) is 0 Å². The van der Waals surface area contributed by atoms with Crippen molar-refractivity contribution < 1.29 is 0 Å². The SMILES string of the molecule is CNc1ccc(C(NC)c2ccc(C)cc2)cc1. The summed E-state index contributed by atoms with van der Waals surface area (Å²) in [7, 11) is 3.93. The van der Waals surface area contributed by atoms with Gasteiger partial charge in [-0.25, -0.2) is 0 Å². The molecule has 0 aliphatic rings. The molecule has 0 amide bonds. The third-order valence-corrected chi connectivity index (χ3v) is 3.23. The molecular weight excluding hydrogens is 220 g/mol. The first-order chi connectivity index (χ1) is 8.74. The van der Waals surface area contributed by atoms with E-state index in [0.29, 0.717) is 0 Å². The molecule has 2 N–H and O–H groups in total. The minimum absolute atomic E-state index is 0.247. The smallest absolute Gasteiger partial charge is 0.0574 e. The number of anilines is 1. The van der Waals surface area contributed by atoms with Crippen molar-refractivity contribution in [1.82, 2.24) is 5.32 Å². The van der Waals surface area contributed by atoms with Crippen LogP contribution in [-0.2, 0) is 0 Å². The highest BCUT2D eigenvalue weighted by Crippen LogP contribution is 2.23. The Balaban J connectivity index is 2.29. The summed E-state index contributed by atoms with van der Waals surface area (Å²) in [5.41, 5.74) is 5.00. The fourth-order valence-electron chi connectivity index (χ4n) is 2.13. The molecule has 2 nitrogen and oxygen atoms in total. The van der Waals surface area contributed by atoms with Gasteiger partial charge >= 0.3 is 0 Å². The van der Waals surface area contributed by atoms with E-state index in [1.54, 1.807) is 0 Å². The van der Waals surface area contributed by atoms with Crippen LogP contribution in [0.5, 0.6) is 0 Å². The molecule has 0 aliphatic heterocycles. The van der Waals surface area contributed by atoms with E-state index in [2.05, 4.69) is 66.1 Å². The van der Waals surface area contributed by atoms with Gasteiger partial charge in [0.1, 0.15) is 0 Å². The molecule has 94 valence electrons. The zero-order valence-corrected chi connectivity index (χ0v) is 11.2. The summed E-state index contributed by atoms with van der Waals surface area (Å²) < 4.78 is 0. The molecule has 1 unspecified atom stereocenters. The van der Waals surface area contributed by atoms with Gasteiger partial charge in [0.25, 0.3) is 0 Å². The molecule has 0 bridgehead atoms. The highest BCUT2D eigenvalue weighted by Gasteiger charge is 2.11. The van der Waals surface area contributed by atoms with E-state index in [9.17, 15) is 0 Å². The van der Waals surface area contributed by atoms with Crippen LogP contribution in [0.15, 0.2) is 48.5 Å². The topological polar surface area (TPSA) is 24.1 Å². The quantitative estimate of drug-likeness (QED) is 0.856. The van der Waals surface area contributed by atoms with Crippen molar-refractivity contribution in [1.29, 1.82) is 0 Å². The van der Waals surface area contributed by atoms with Gasteiger partial charge < -0.3 is 10.6 Å². The number of aryl methyl sites for hydroxylation is 1. The number of hydrogen-bond acceptors (Lipinski definition) is 2. The third kappa shape index (κ3) is 2.71. The summed E-state index contributed by atoms with van der Waals surface area (Å²) in [6.07, 6.45) is 0. The zero-order valence-electron chi connectivity index (χ0n) is 11.2. The Morgan fingerprint density at radius 2 is 1.28 bits per heavy atom. The van der Waals surface area contributed by atoms with Crippen molar-refractivity contribution >= 4 is 5.69 Å². The van der Waals surface area contributed by atoms with Gasteiger partial charge in [-0.05, 0) is 37.2 Å². The first-order valence-corrected chi connectivity index (χ1v) is 6.26. The molecule has 0 fully saturated rings. The van der Waals surface area contributed by atoms with Crippen molar-refractivity contribution in [2.75, 3.05) is 19.4 Å². The van der Waals surface area contributed by atoms with Gasteiger partial charge in [-0.3, -0.25) is 0 Å². The lowest BCUT2D eigenvalue weighted by Crippen LogP contribution is -2.17. The standard InChI is InChI=1S/C16H20N2/c1-12-4-6-13(7-5-12)16(18-3)14-8-10-15(17-2)11-9-14/h4-11,16-18H,1-3H3. The second kappa shape index (κ2) is 5.69. The van der Waals surface area contributed by atoms with Crippen molar-refractivity contribution in [3.05, 3.63) is 65.2 Å². The number of rotatable bonds is 4. The monoisotopic (exact) mass is 240 g/mol. The second-order valence-corrected chi connectivity index (χ2v) is 4.50. The predicted molar refractivity (Wildman–Crippen MR) is 78.1 cm³/mol. The fourth-order valence-corrected chi connectivity index (χ4v) is 2.13. The molecule has 0 aliphatic carbocycles.